The molecule has 0 radical (unpaired) electrons. The number of aromatic nitrogens is 1. The molecule has 0 saturated carbocycles. The van der Waals surface area contributed by atoms with E-state index in [1.165, 1.54) is 17.4 Å². The lowest BCUT2D eigenvalue weighted by Gasteiger charge is -2.05. The Kier molecular flexibility index (Phi) is 5.61. The molecular weight excluding hydrogens is 440 g/mol. The Hall–Kier alpha value is -3.08. The molecule has 31 heavy (non-hydrogen) atoms. The Morgan fingerprint density at radius 1 is 1.19 bits per heavy atom. The molecule has 10 heteroatoms. The fourth-order valence-electron chi connectivity index (χ4n) is 3.12. The van der Waals surface area contributed by atoms with E-state index in [2.05, 4.69) is 4.99 Å². The van der Waals surface area contributed by atoms with Gasteiger partial charge in [-0.25, -0.2) is 8.42 Å². The number of carbonyl (C=O) groups excluding carboxylic acids is 1. The smallest absolute Gasteiger partial charge is 0.315 e. The van der Waals surface area contributed by atoms with E-state index in [1.807, 2.05) is 0 Å². The van der Waals surface area contributed by atoms with Crippen LogP contribution in [0.1, 0.15) is 10.6 Å². The highest BCUT2D eigenvalue weighted by atomic mass is 32.2. The summed E-state index contributed by atoms with van der Waals surface area (Å²) in [6, 6.07) is 12.5. The van der Waals surface area contributed by atoms with Gasteiger partial charge in [-0.05, 0) is 30.3 Å². The number of rotatable bonds is 5. The van der Waals surface area contributed by atoms with Gasteiger partial charge in [-0.2, -0.15) is 4.99 Å². The average molecular weight is 459 g/mol. The number of benzene rings is 2. The van der Waals surface area contributed by atoms with E-state index in [1.54, 1.807) is 48.1 Å². The number of amides is 1. The SMILES string of the molecule is COCCn1c(=NC(=O)c2cc(=O)c3ccccc3o2)sc2cc(S(C)(=O)=O)ccc21. The summed E-state index contributed by atoms with van der Waals surface area (Å²) in [6.45, 7) is 0.772. The van der Waals surface area contributed by atoms with E-state index in [9.17, 15) is 18.0 Å². The second kappa shape index (κ2) is 8.22. The number of methoxy groups -OCH3 is 1. The number of para-hydroxylation sites is 1. The molecule has 0 spiro atoms. The number of hydrogen-bond donors (Lipinski definition) is 0. The number of thiazole rings is 1. The van der Waals surface area contributed by atoms with Crippen LogP contribution in [0.2, 0.25) is 0 Å². The standard InChI is InChI=1S/C21H18N2O6S2/c1-28-10-9-23-15-8-7-13(31(2,26)27)11-19(15)30-21(23)22-20(25)18-12-16(24)14-5-3-4-6-17(14)29-18/h3-8,11-12H,9-10H2,1-2H3. The predicted octanol–water partition coefficient (Wildman–Crippen LogP) is 2.60. The zero-order valence-electron chi connectivity index (χ0n) is 16.7. The summed E-state index contributed by atoms with van der Waals surface area (Å²) in [5.74, 6) is -0.875. The Bertz CT molecular complexity index is 1540. The monoisotopic (exact) mass is 458 g/mol. The largest absolute Gasteiger partial charge is 0.451 e. The normalized spacial score (nSPS) is 12.6. The van der Waals surface area contributed by atoms with Gasteiger partial charge in [0.1, 0.15) is 5.58 Å². The Morgan fingerprint density at radius 3 is 2.71 bits per heavy atom. The van der Waals surface area contributed by atoms with Crippen LogP contribution < -0.4 is 10.2 Å². The van der Waals surface area contributed by atoms with E-state index in [4.69, 9.17) is 9.15 Å². The van der Waals surface area contributed by atoms with Gasteiger partial charge in [-0.3, -0.25) is 9.59 Å². The summed E-state index contributed by atoms with van der Waals surface area (Å²) in [7, 11) is -1.82. The molecule has 4 aromatic rings. The summed E-state index contributed by atoms with van der Waals surface area (Å²) in [6.07, 6.45) is 1.14. The molecule has 0 aliphatic carbocycles. The molecule has 0 saturated heterocycles. The van der Waals surface area contributed by atoms with Crippen LogP contribution in [0.25, 0.3) is 21.2 Å². The lowest BCUT2D eigenvalue weighted by Crippen LogP contribution is -2.19. The second-order valence-electron chi connectivity index (χ2n) is 6.82. The molecule has 0 N–H and O–H groups in total. The van der Waals surface area contributed by atoms with E-state index >= 15 is 0 Å². The lowest BCUT2D eigenvalue weighted by molar-refractivity contribution is 0.0971. The molecule has 8 nitrogen and oxygen atoms in total. The van der Waals surface area contributed by atoms with Crippen molar-refractivity contribution in [2.75, 3.05) is 20.0 Å². The molecule has 0 unspecified atom stereocenters. The molecule has 2 heterocycles. The van der Waals surface area contributed by atoms with Gasteiger partial charge in [0.05, 0.1) is 27.1 Å². The maximum atomic E-state index is 12.8. The molecule has 1 amide bonds. The fourth-order valence-corrected chi connectivity index (χ4v) is 4.94. The van der Waals surface area contributed by atoms with Crippen molar-refractivity contribution < 1.29 is 22.4 Å². The summed E-state index contributed by atoms with van der Waals surface area (Å²) < 4.78 is 37.0. The van der Waals surface area contributed by atoms with Crippen molar-refractivity contribution in [3.8, 4) is 0 Å². The average Bonchev–Trinajstić information content (AvgIpc) is 3.07. The highest BCUT2D eigenvalue weighted by Gasteiger charge is 2.15. The van der Waals surface area contributed by atoms with Crippen LogP contribution in [0.4, 0.5) is 0 Å². The van der Waals surface area contributed by atoms with Crippen molar-refractivity contribution in [1.82, 2.24) is 4.57 Å². The molecular formula is C21H18N2O6S2. The fraction of sp³-hybridized carbons (Fsp3) is 0.190. The van der Waals surface area contributed by atoms with Gasteiger partial charge in [-0.15, -0.1) is 0 Å². The number of nitrogens with zero attached hydrogens (tertiary/aromatic N) is 2. The van der Waals surface area contributed by atoms with Crippen LogP contribution in [0.5, 0.6) is 0 Å². The molecule has 2 aromatic heterocycles. The Morgan fingerprint density at radius 2 is 1.97 bits per heavy atom. The first-order valence-electron chi connectivity index (χ1n) is 9.22. The summed E-state index contributed by atoms with van der Waals surface area (Å²) in [4.78, 5) is 29.8. The number of carbonyl (C=O) groups is 1. The Labute approximate surface area is 181 Å². The van der Waals surface area contributed by atoms with Crippen molar-refractivity contribution >= 4 is 48.3 Å². The maximum Gasteiger partial charge on any atom is 0.315 e. The lowest BCUT2D eigenvalue weighted by atomic mass is 10.2. The quantitative estimate of drug-likeness (QED) is 0.455. The molecule has 0 aliphatic rings. The van der Waals surface area contributed by atoms with Crippen molar-refractivity contribution in [3.05, 3.63) is 69.3 Å². The minimum absolute atomic E-state index is 0.170. The third-order valence-corrected chi connectivity index (χ3v) is 6.80. The molecule has 4 rings (SSSR count). The topological polar surface area (TPSA) is 108 Å². The van der Waals surface area contributed by atoms with Crippen LogP contribution in [0, 0.1) is 0 Å². The summed E-state index contributed by atoms with van der Waals surface area (Å²) in [5.41, 5.74) is 0.692. The third-order valence-electron chi connectivity index (χ3n) is 4.64. The van der Waals surface area contributed by atoms with E-state index in [0.29, 0.717) is 33.6 Å². The number of sulfone groups is 1. The third kappa shape index (κ3) is 4.22. The first kappa shape index (κ1) is 21.2. The predicted molar refractivity (Wildman–Crippen MR) is 117 cm³/mol. The van der Waals surface area contributed by atoms with Gasteiger partial charge >= 0.3 is 5.91 Å². The van der Waals surface area contributed by atoms with Crippen molar-refractivity contribution in [2.24, 2.45) is 4.99 Å². The Balaban J connectivity index is 1.87. The van der Waals surface area contributed by atoms with E-state index < -0.39 is 15.7 Å². The number of fused-ring (bicyclic) bond motifs is 2. The number of hydrogen-bond acceptors (Lipinski definition) is 7. The van der Waals surface area contributed by atoms with Gasteiger partial charge < -0.3 is 13.7 Å². The van der Waals surface area contributed by atoms with Crippen molar-refractivity contribution in [3.63, 3.8) is 0 Å². The molecule has 160 valence electrons. The highest BCUT2D eigenvalue weighted by Crippen LogP contribution is 2.22. The molecule has 0 atom stereocenters. The summed E-state index contributed by atoms with van der Waals surface area (Å²) in [5, 5.41) is 0.379. The van der Waals surface area contributed by atoms with E-state index in [0.717, 1.165) is 17.8 Å². The molecule has 2 aromatic carbocycles. The van der Waals surface area contributed by atoms with Crippen LogP contribution >= 0.6 is 11.3 Å². The first-order chi connectivity index (χ1) is 14.8. The first-order valence-corrected chi connectivity index (χ1v) is 11.9. The minimum Gasteiger partial charge on any atom is -0.451 e. The van der Waals surface area contributed by atoms with Crippen LogP contribution in [0.3, 0.4) is 0 Å². The van der Waals surface area contributed by atoms with Crippen molar-refractivity contribution in [2.45, 2.75) is 11.4 Å². The minimum atomic E-state index is -3.38. The zero-order chi connectivity index (χ0) is 22.2. The van der Waals surface area contributed by atoms with E-state index in [-0.39, 0.29) is 16.1 Å². The zero-order valence-corrected chi connectivity index (χ0v) is 18.3. The molecule has 0 fully saturated rings. The van der Waals surface area contributed by atoms with Crippen LogP contribution in [0.15, 0.2) is 67.6 Å². The van der Waals surface area contributed by atoms with Crippen molar-refractivity contribution in [1.29, 1.82) is 0 Å². The van der Waals surface area contributed by atoms with Gasteiger partial charge in [0, 0.05) is 26.0 Å². The van der Waals surface area contributed by atoms with Crippen LogP contribution in [-0.4, -0.2) is 38.9 Å². The summed E-state index contributed by atoms with van der Waals surface area (Å²) >= 11 is 1.17. The van der Waals surface area contributed by atoms with Gasteiger partial charge in [0.2, 0.25) is 0 Å². The molecule has 0 aliphatic heterocycles. The maximum absolute atomic E-state index is 12.8. The second-order valence-corrected chi connectivity index (χ2v) is 9.84. The van der Waals surface area contributed by atoms with Gasteiger partial charge in [-0.1, -0.05) is 23.5 Å². The van der Waals surface area contributed by atoms with Gasteiger partial charge in [0.25, 0.3) is 0 Å². The molecule has 0 bridgehead atoms. The highest BCUT2D eigenvalue weighted by molar-refractivity contribution is 7.90. The van der Waals surface area contributed by atoms with Crippen LogP contribution in [-0.2, 0) is 21.1 Å². The number of ether oxygens (including phenoxy) is 1. The van der Waals surface area contributed by atoms with Gasteiger partial charge in [0.15, 0.2) is 25.8 Å².